The number of methoxy groups -OCH3 is 1. The second-order valence-electron chi connectivity index (χ2n) is 5.45. The van der Waals surface area contributed by atoms with Gasteiger partial charge in [0.15, 0.2) is 11.3 Å². The number of carboxylic acids is 1. The number of nitrogens with one attached hydrogen (secondary N) is 1. The Bertz CT molecular complexity index is 1050. The number of para-hydroxylation sites is 2. The van der Waals surface area contributed by atoms with Gasteiger partial charge in [-0.2, -0.15) is 0 Å². The highest BCUT2D eigenvalue weighted by atomic mass is 16.5. The maximum atomic E-state index is 12.9. The molecular weight excluding hydrogens is 338 g/mol. The first-order valence-electron chi connectivity index (χ1n) is 7.71. The van der Waals surface area contributed by atoms with Crippen molar-refractivity contribution < 1.29 is 23.8 Å². The second kappa shape index (κ2) is 7.10. The molecule has 0 aliphatic rings. The van der Waals surface area contributed by atoms with Crippen molar-refractivity contribution in [3.8, 4) is 5.75 Å². The quantitative estimate of drug-likeness (QED) is 0.518. The average molecular weight is 353 g/mol. The average Bonchev–Trinajstić information content (AvgIpc) is 2.65. The fraction of sp³-hybridized carbons (Fsp3) is 0.105. The number of carbonyl (C=O) groups is 2. The van der Waals surface area contributed by atoms with Crippen molar-refractivity contribution in [3.05, 3.63) is 70.1 Å². The van der Waals surface area contributed by atoms with Crippen LogP contribution in [-0.4, -0.2) is 30.5 Å². The molecule has 7 nitrogen and oxygen atoms in total. The zero-order chi connectivity index (χ0) is 18.7. The number of ether oxygens (including phenoxy) is 1. The van der Waals surface area contributed by atoms with Gasteiger partial charge in [0.1, 0.15) is 12.1 Å². The molecule has 0 radical (unpaired) electrons. The Morgan fingerprint density at radius 1 is 1.12 bits per heavy atom. The lowest BCUT2D eigenvalue weighted by atomic mass is 10.0. The van der Waals surface area contributed by atoms with Gasteiger partial charge in [0.05, 0.1) is 7.11 Å². The first-order chi connectivity index (χ1) is 12.5. The van der Waals surface area contributed by atoms with E-state index in [0.29, 0.717) is 16.8 Å². The largest absolute Gasteiger partial charge is 0.493 e. The third-order valence-electron chi connectivity index (χ3n) is 3.79. The molecule has 3 aromatic rings. The Kier molecular flexibility index (Phi) is 4.70. The SMILES string of the molecule is COc1cccc2cc(C(=O)c3ccccc3NCC(=O)O)c(=O)oc12. The van der Waals surface area contributed by atoms with Crippen LogP contribution in [0.25, 0.3) is 11.0 Å². The summed E-state index contributed by atoms with van der Waals surface area (Å²) in [7, 11) is 1.46. The summed E-state index contributed by atoms with van der Waals surface area (Å²) in [5, 5.41) is 12.0. The van der Waals surface area contributed by atoms with Crippen LogP contribution in [0.1, 0.15) is 15.9 Å². The standard InChI is InChI=1S/C19H15NO6/c1-25-15-8-4-5-11-9-13(19(24)26-18(11)15)17(23)12-6-2-3-7-14(12)20-10-16(21)22/h2-9,20H,10H2,1H3,(H,21,22). The molecule has 0 unspecified atom stereocenters. The first-order valence-corrected chi connectivity index (χ1v) is 7.71. The molecule has 0 saturated carbocycles. The molecule has 0 aliphatic carbocycles. The Morgan fingerprint density at radius 2 is 1.88 bits per heavy atom. The lowest BCUT2D eigenvalue weighted by molar-refractivity contribution is -0.134. The summed E-state index contributed by atoms with van der Waals surface area (Å²) >= 11 is 0. The van der Waals surface area contributed by atoms with Gasteiger partial charge in [-0.1, -0.05) is 24.3 Å². The molecule has 7 heteroatoms. The zero-order valence-electron chi connectivity index (χ0n) is 13.8. The van der Waals surface area contributed by atoms with Crippen molar-refractivity contribution in [1.82, 2.24) is 0 Å². The number of hydrogen-bond acceptors (Lipinski definition) is 6. The van der Waals surface area contributed by atoms with Crippen molar-refractivity contribution in [3.63, 3.8) is 0 Å². The Hall–Kier alpha value is -3.61. The summed E-state index contributed by atoms with van der Waals surface area (Å²) in [5.41, 5.74) is -0.169. The number of fused-ring (bicyclic) bond motifs is 1. The highest BCUT2D eigenvalue weighted by Gasteiger charge is 2.19. The smallest absolute Gasteiger partial charge is 0.347 e. The van der Waals surface area contributed by atoms with Crippen molar-refractivity contribution in [2.45, 2.75) is 0 Å². The van der Waals surface area contributed by atoms with Crippen LogP contribution in [0.5, 0.6) is 5.75 Å². The molecule has 0 atom stereocenters. The van der Waals surface area contributed by atoms with Crippen LogP contribution in [-0.2, 0) is 4.79 Å². The van der Waals surface area contributed by atoms with Gasteiger partial charge in [0, 0.05) is 16.6 Å². The van der Waals surface area contributed by atoms with Gasteiger partial charge < -0.3 is 19.6 Å². The van der Waals surface area contributed by atoms with E-state index in [1.165, 1.54) is 19.2 Å². The van der Waals surface area contributed by atoms with Gasteiger partial charge in [0.25, 0.3) is 0 Å². The van der Waals surface area contributed by atoms with Crippen LogP contribution in [0, 0.1) is 0 Å². The molecule has 26 heavy (non-hydrogen) atoms. The maximum absolute atomic E-state index is 12.9. The molecule has 3 rings (SSSR count). The van der Waals surface area contributed by atoms with Gasteiger partial charge in [0.2, 0.25) is 5.78 Å². The molecule has 132 valence electrons. The van der Waals surface area contributed by atoms with Crippen molar-refractivity contribution in [2.75, 3.05) is 19.0 Å². The predicted molar refractivity (Wildman–Crippen MR) is 95.0 cm³/mol. The van der Waals surface area contributed by atoms with E-state index in [-0.39, 0.29) is 23.3 Å². The van der Waals surface area contributed by atoms with E-state index in [1.807, 2.05) is 0 Å². The Morgan fingerprint density at radius 3 is 2.62 bits per heavy atom. The molecule has 0 spiro atoms. The van der Waals surface area contributed by atoms with E-state index in [9.17, 15) is 14.4 Å². The molecular formula is C19H15NO6. The Balaban J connectivity index is 2.07. The van der Waals surface area contributed by atoms with E-state index < -0.39 is 17.4 Å². The first kappa shape index (κ1) is 17.2. The second-order valence-corrected chi connectivity index (χ2v) is 5.45. The lowest BCUT2D eigenvalue weighted by Gasteiger charge is -2.10. The van der Waals surface area contributed by atoms with Crippen LogP contribution in [0.4, 0.5) is 5.69 Å². The van der Waals surface area contributed by atoms with Crippen LogP contribution < -0.4 is 15.7 Å². The fourth-order valence-corrected chi connectivity index (χ4v) is 2.59. The van der Waals surface area contributed by atoms with E-state index in [0.717, 1.165) is 0 Å². The summed E-state index contributed by atoms with van der Waals surface area (Å²) in [6.07, 6.45) is 0. The summed E-state index contributed by atoms with van der Waals surface area (Å²) in [6, 6.07) is 12.9. The van der Waals surface area contributed by atoms with Crippen molar-refractivity contribution in [1.29, 1.82) is 0 Å². The van der Waals surface area contributed by atoms with Gasteiger partial charge in [-0.25, -0.2) is 4.79 Å². The normalized spacial score (nSPS) is 10.5. The van der Waals surface area contributed by atoms with E-state index in [2.05, 4.69) is 5.32 Å². The molecule has 2 aromatic carbocycles. The number of rotatable bonds is 6. The van der Waals surface area contributed by atoms with E-state index in [4.69, 9.17) is 14.3 Å². The number of carbonyl (C=O) groups excluding carboxylic acids is 1. The number of hydrogen-bond donors (Lipinski definition) is 2. The molecule has 0 amide bonds. The zero-order valence-corrected chi connectivity index (χ0v) is 13.8. The number of aliphatic carboxylic acids is 1. The number of ketones is 1. The van der Waals surface area contributed by atoms with E-state index in [1.54, 1.807) is 36.4 Å². The van der Waals surface area contributed by atoms with Crippen LogP contribution in [0.2, 0.25) is 0 Å². The van der Waals surface area contributed by atoms with Crippen LogP contribution >= 0.6 is 0 Å². The monoisotopic (exact) mass is 353 g/mol. The summed E-state index contributed by atoms with van der Waals surface area (Å²) in [5.74, 6) is -1.23. The number of anilines is 1. The van der Waals surface area contributed by atoms with Crippen molar-refractivity contribution in [2.24, 2.45) is 0 Å². The molecule has 1 heterocycles. The Labute approximate surface area is 147 Å². The van der Waals surface area contributed by atoms with Gasteiger partial charge in [-0.05, 0) is 24.3 Å². The highest BCUT2D eigenvalue weighted by molar-refractivity contribution is 6.13. The molecule has 0 saturated heterocycles. The molecule has 1 aromatic heterocycles. The predicted octanol–water partition coefficient (Wildman–Crippen LogP) is 2.53. The minimum Gasteiger partial charge on any atom is -0.493 e. The molecule has 0 aliphatic heterocycles. The van der Waals surface area contributed by atoms with Crippen molar-refractivity contribution >= 4 is 28.4 Å². The molecule has 0 bridgehead atoms. The highest BCUT2D eigenvalue weighted by Crippen LogP contribution is 2.26. The summed E-state index contributed by atoms with van der Waals surface area (Å²) in [6.45, 7) is -0.353. The summed E-state index contributed by atoms with van der Waals surface area (Å²) < 4.78 is 10.4. The van der Waals surface area contributed by atoms with E-state index >= 15 is 0 Å². The molecule has 0 fully saturated rings. The van der Waals surface area contributed by atoms with Gasteiger partial charge >= 0.3 is 11.6 Å². The summed E-state index contributed by atoms with van der Waals surface area (Å²) in [4.78, 5) is 35.9. The minimum absolute atomic E-state index is 0.143. The number of benzene rings is 2. The van der Waals surface area contributed by atoms with Crippen LogP contribution in [0.15, 0.2) is 57.7 Å². The third-order valence-corrected chi connectivity index (χ3v) is 3.79. The fourth-order valence-electron chi connectivity index (χ4n) is 2.59. The minimum atomic E-state index is -1.07. The maximum Gasteiger partial charge on any atom is 0.347 e. The van der Waals surface area contributed by atoms with Gasteiger partial charge in [-0.3, -0.25) is 9.59 Å². The topological polar surface area (TPSA) is 106 Å². The third kappa shape index (κ3) is 3.27. The van der Waals surface area contributed by atoms with Gasteiger partial charge in [-0.15, -0.1) is 0 Å². The lowest BCUT2D eigenvalue weighted by Crippen LogP contribution is -2.18. The number of carboxylic acid groups (broad SMARTS) is 1. The molecule has 2 N–H and O–H groups in total. The van der Waals surface area contributed by atoms with Crippen LogP contribution in [0.3, 0.4) is 0 Å².